The molecule has 0 bridgehead atoms. The van der Waals surface area contributed by atoms with Crippen LogP contribution in [0.2, 0.25) is 0 Å². The van der Waals surface area contributed by atoms with E-state index in [9.17, 15) is 4.79 Å². The first-order valence-corrected chi connectivity index (χ1v) is 7.25. The molecule has 0 unspecified atom stereocenters. The zero-order valence-electron chi connectivity index (χ0n) is 12.0. The van der Waals surface area contributed by atoms with Gasteiger partial charge in [0.2, 0.25) is 0 Å². The molecule has 2 aromatic rings. The molecule has 0 aliphatic heterocycles. The number of rotatable bonds is 2. The van der Waals surface area contributed by atoms with E-state index in [1.54, 1.807) is 16.8 Å². The van der Waals surface area contributed by atoms with Crippen LogP contribution in [0.15, 0.2) is 18.3 Å². The normalized spacial score (nSPS) is 16.5. The average Bonchev–Trinajstić information content (AvgIpc) is 2.86. The summed E-state index contributed by atoms with van der Waals surface area (Å²) in [7, 11) is 1.90. The molecule has 0 saturated heterocycles. The lowest BCUT2D eigenvalue weighted by molar-refractivity contribution is 0.0687. The molecular formula is C15H20N4O. The van der Waals surface area contributed by atoms with Crippen molar-refractivity contribution in [2.45, 2.75) is 45.1 Å². The number of hydrogen-bond acceptors (Lipinski definition) is 3. The molecule has 1 fully saturated rings. The molecule has 0 atom stereocenters. The van der Waals surface area contributed by atoms with Crippen LogP contribution >= 0.6 is 0 Å². The van der Waals surface area contributed by atoms with Crippen LogP contribution in [0, 0.1) is 6.92 Å². The Labute approximate surface area is 118 Å². The van der Waals surface area contributed by atoms with E-state index in [1.807, 2.05) is 24.9 Å². The van der Waals surface area contributed by atoms with Crippen molar-refractivity contribution in [1.29, 1.82) is 0 Å². The Morgan fingerprint density at radius 1 is 1.35 bits per heavy atom. The predicted octanol–water partition coefficient (Wildman–Crippen LogP) is 2.44. The summed E-state index contributed by atoms with van der Waals surface area (Å²) in [6, 6.07) is 3.99. The third-order valence-electron chi connectivity index (χ3n) is 4.14. The molecule has 0 spiro atoms. The topological polar surface area (TPSA) is 50.5 Å². The van der Waals surface area contributed by atoms with Gasteiger partial charge in [-0.3, -0.25) is 4.79 Å². The van der Waals surface area contributed by atoms with Crippen molar-refractivity contribution in [2.24, 2.45) is 0 Å². The summed E-state index contributed by atoms with van der Waals surface area (Å²) in [6.07, 6.45) is 7.61. The Bertz CT molecular complexity index is 628. The second-order valence-corrected chi connectivity index (χ2v) is 5.59. The zero-order valence-corrected chi connectivity index (χ0v) is 12.0. The van der Waals surface area contributed by atoms with E-state index in [0.717, 1.165) is 24.2 Å². The van der Waals surface area contributed by atoms with Gasteiger partial charge in [0.15, 0.2) is 5.65 Å². The minimum Gasteiger partial charge on any atom is -0.337 e. The molecule has 1 aliphatic carbocycles. The first-order chi connectivity index (χ1) is 9.66. The highest BCUT2D eigenvalue weighted by Gasteiger charge is 2.24. The monoisotopic (exact) mass is 272 g/mol. The van der Waals surface area contributed by atoms with Gasteiger partial charge in [-0.2, -0.15) is 5.10 Å². The molecule has 1 saturated carbocycles. The highest BCUT2D eigenvalue weighted by Crippen LogP contribution is 2.23. The first-order valence-electron chi connectivity index (χ1n) is 7.25. The number of amides is 1. The van der Waals surface area contributed by atoms with Gasteiger partial charge in [-0.15, -0.1) is 0 Å². The summed E-state index contributed by atoms with van der Waals surface area (Å²) < 4.78 is 1.65. The van der Waals surface area contributed by atoms with E-state index in [0.29, 0.717) is 11.7 Å². The molecule has 2 aromatic heterocycles. The fourth-order valence-electron chi connectivity index (χ4n) is 2.99. The van der Waals surface area contributed by atoms with E-state index in [4.69, 9.17) is 0 Å². The quantitative estimate of drug-likeness (QED) is 0.843. The van der Waals surface area contributed by atoms with E-state index < -0.39 is 0 Å². The van der Waals surface area contributed by atoms with Gasteiger partial charge in [-0.25, -0.2) is 9.50 Å². The molecule has 1 amide bonds. The smallest absolute Gasteiger partial charge is 0.272 e. The lowest BCUT2D eigenvalue weighted by atomic mass is 9.94. The molecule has 3 rings (SSSR count). The third-order valence-corrected chi connectivity index (χ3v) is 4.14. The number of aromatic nitrogens is 3. The standard InChI is InChI=1S/C15H20N4O/c1-11-10-14-16-9-8-13(19(14)17-11)15(20)18(2)12-6-4-3-5-7-12/h8-10,12H,3-7H2,1-2H3. The minimum absolute atomic E-state index is 0.0346. The average molecular weight is 272 g/mol. The molecule has 5 nitrogen and oxygen atoms in total. The van der Waals surface area contributed by atoms with Crippen LogP contribution in [0.4, 0.5) is 0 Å². The summed E-state index contributed by atoms with van der Waals surface area (Å²) >= 11 is 0. The van der Waals surface area contributed by atoms with Crippen LogP contribution < -0.4 is 0 Å². The van der Waals surface area contributed by atoms with E-state index in [-0.39, 0.29) is 5.91 Å². The molecule has 2 heterocycles. The minimum atomic E-state index is 0.0346. The van der Waals surface area contributed by atoms with E-state index in [1.165, 1.54) is 19.3 Å². The fraction of sp³-hybridized carbons (Fsp3) is 0.533. The van der Waals surface area contributed by atoms with Gasteiger partial charge in [0.05, 0.1) is 5.69 Å². The predicted molar refractivity (Wildman–Crippen MR) is 76.7 cm³/mol. The van der Waals surface area contributed by atoms with Gasteiger partial charge in [0.25, 0.3) is 5.91 Å². The maximum Gasteiger partial charge on any atom is 0.272 e. The zero-order chi connectivity index (χ0) is 14.1. The number of nitrogens with zero attached hydrogens (tertiary/aromatic N) is 4. The summed E-state index contributed by atoms with van der Waals surface area (Å²) in [6.45, 7) is 1.91. The van der Waals surface area contributed by atoms with Gasteiger partial charge >= 0.3 is 0 Å². The van der Waals surface area contributed by atoms with Crippen molar-refractivity contribution in [2.75, 3.05) is 7.05 Å². The Hall–Kier alpha value is -1.91. The fourth-order valence-corrected chi connectivity index (χ4v) is 2.99. The van der Waals surface area contributed by atoms with Crippen molar-refractivity contribution in [3.05, 3.63) is 29.7 Å². The van der Waals surface area contributed by atoms with E-state index in [2.05, 4.69) is 10.1 Å². The van der Waals surface area contributed by atoms with Crippen molar-refractivity contribution in [3.8, 4) is 0 Å². The first kappa shape index (κ1) is 13.1. The Balaban J connectivity index is 1.91. The van der Waals surface area contributed by atoms with Gasteiger partial charge < -0.3 is 4.90 Å². The largest absolute Gasteiger partial charge is 0.337 e. The Morgan fingerprint density at radius 2 is 2.10 bits per heavy atom. The number of fused-ring (bicyclic) bond motifs is 1. The second kappa shape index (κ2) is 5.23. The number of carbonyl (C=O) groups excluding carboxylic acids is 1. The Morgan fingerprint density at radius 3 is 2.85 bits per heavy atom. The second-order valence-electron chi connectivity index (χ2n) is 5.59. The molecule has 0 N–H and O–H groups in total. The van der Waals surface area contributed by atoms with Crippen LogP contribution in [-0.4, -0.2) is 38.5 Å². The van der Waals surface area contributed by atoms with Gasteiger partial charge in [0, 0.05) is 25.4 Å². The Kier molecular flexibility index (Phi) is 3.42. The molecule has 1 aliphatic rings. The molecule has 0 radical (unpaired) electrons. The van der Waals surface area contributed by atoms with Crippen LogP contribution in [0.1, 0.15) is 48.3 Å². The van der Waals surface area contributed by atoms with Crippen LogP contribution in [0.5, 0.6) is 0 Å². The maximum absolute atomic E-state index is 12.7. The number of aryl methyl sites for hydroxylation is 1. The van der Waals surface area contributed by atoms with Crippen molar-refractivity contribution >= 4 is 11.6 Å². The summed E-state index contributed by atoms with van der Waals surface area (Å²) in [5.41, 5.74) is 2.19. The van der Waals surface area contributed by atoms with Crippen LogP contribution in [-0.2, 0) is 0 Å². The molecule has 106 valence electrons. The molecular weight excluding hydrogens is 252 g/mol. The summed E-state index contributed by atoms with van der Waals surface area (Å²) in [5, 5.41) is 4.37. The van der Waals surface area contributed by atoms with Crippen molar-refractivity contribution < 1.29 is 4.79 Å². The molecule has 0 aromatic carbocycles. The third kappa shape index (κ3) is 2.28. The maximum atomic E-state index is 12.7. The van der Waals surface area contributed by atoms with Crippen LogP contribution in [0.25, 0.3) is 5.65 Å². The van der Waals surface area contributed by atoms with Crippen LogP contribution in [0.3, 0.4) is 0 Å². The highest BCUT2D eigenvalue weighted by atomic mass is 16.2. The number of hydrogen-bond donors (Lipinski definition) is 0. The lowest BCUT2D eigenvalue weighted by Gasteiger charge is -2.31. The number of carbonyl (C=O) groups is 1. The van der Waals surface area contributed by atoms with Gasteiger partial charge in [-0.1, -0.05) is 19.3 Å². The lowest BCUT2D eigenvalue weighted by Crippen LogP contribution is -2.39. The van der Waals surface area contributed by atoms with Gasteiger partial charge in [-0.05, 0) is 25.8 Å². The van der Waals surface area contributed by atoms with Crippen molar-refractivity contribution in [1.82, 2.24) is 19.5 Å². The summed E-state index contributed by atoms with van der Waals surface area (Å²) in [5.74, 6) is 0.0346. The van der Waals surface area contributed by atoms with E-state index >= 15 is 0 Å². The highest BCUT2D eigenvalue weighted by molar-refractivity contribution is 5.93. The molecule has 20 heavy (non-hydrogen) atoms. The summed E-state index contributed by atoms with van der Waals surface area (Å²) in [4.78, 5) is 18.8. The SMILES string of the molecule is Cc1cc2nccc(C(=O)N(C)C3CCCCC3)n2n1. The molecule has 5 heteroatoms. The van der Waals surface area contributed by atoms with Gasteiger partial charge in [0.1, 0.15) is 5.69 Å². The van der Waals surface area contributed by atoms with Crippen molar-refractivity contribution in [3.63, 3.8) is 0 Å².